The quantitative estimate of drug-likeness (QED) is 0.668. The van der Waals surface area contributed by atoms with E-state index in [1.165, 1.54) is 0 Å². The van der Waals surface area contributed by atoms with Crippen molar-refractivity contribution in [2.45, 2.75) is 19.8 Å². The fourth-order valence-corrected chi connectivity index (χ4v) is 2.11. The summed E-state index contributed by atoms with van der Waals surface area (Å²) in [5.41, 5.74) is -0.702. The Bertz CT molecular complexity index is 352. The number of urea groups is 1. The number of aliphatic carboxylic acids is 1. The molecule has 122 valence electrons. The van der Waals surface area contributed by atoms with Crippen molar-refractivity contribution in [1.82, 2.24) is 15.1 Å². The molecule has 7 nitrogen and oxygen atoms in total. The Morgan fingerprint density at radius 3 is 2.43 bits per heavy atom. The molecule has 0 unspecified atom stereocenters. The SMILES string of the molecule is CN(C)CCOCCNC(=O)N1CCC(C)(C(=O)O)CC1. The van der Waals surface area contributed by atoms with Crippen LogP contribution in [0.2, 0.25) is 0 Å². The first-order valence-corrected chi connectivity index (χ1v) is 7.34. The minimum Gasteiger partial charge on any atom is -0.481 e. The van der Waals surface area contributed by atoms with Gasteiger partial charge in [-0.25, -0.2) is 4.79 Å². The maximum atomic E-state index is 11.9. The maximum absolute atomic E-state index is 11.9. The molecule has 2 amide bonds. The van der Waals surface area contributed by atoms with Crippen molar-refractivity contribution >= 4 is 12.0 Å². The summed E-state index contributed by atoms with van der Waals surface area (Å²) < 4.78 is 5.39. The number of carboxylic acids is 1. The van der Waals surface area contributed by atoms with Crippen molar-refractivity contribution in [2.24, 2.45) is 5.41 Å². The second kappa shape index (κ2) is 8.19. The van der Waals surface area contributed by atoms with E-state index in [0.717, 1.165) is 6.54 Å². The highest BCUT2D eigenvalue weighted by Crippen LogP contribution is 2.30. The smallest absolute Gasteiger partial charge is 0.317 e. The van der Waals surface area contributed by atoms with Crippen molar-refractivity contribution in [1.29, 1.82) is 0 Å². The van der Waals surface area contributed by atoms with E-state index in [4.69, 9.17) is 9.84 Å². The summed E-state index contributed by atoms with van der Waals surface area (Å²) in [6.45, 7) is 5.16. The largest absolute Gasteiger partial charge is 0.481 e. The number of hydrogen-bond acceptors (Lipinski definition) is 4. The average Bonchev–Trinajstić information content (AvgIpc) is 2.42. The van der Waals surface area contributed by atoms with Gasteiger partial charge in [-0.1, -0.05) is 0 Å². The number of amides is 2. The third kappa shape index (κ3) is 5.89. The standard InChI is InChI=1S/C14H27N3O4/c1-14(12(18)19)4-7-17(8-5-14)13(20)15-6-10-21-11-9-16(2)3/h4-11H2,1-3H3,(H,15,20)(H,18,19). The van der Waals surface area contributed by atoms with Crippen LogP contribution in [-0.2, 0) is 9.53 Å². The molecule has 0 aromatic heterocycles. The summed E-state index contributed by atoms with van der Waals surface area (Å²) in [6, 6.07) is -0.140. The Hall–Kier alpha value is -1.34. The molecule has 21 heavy (non-hydrogen) atoms. The van der Waals surface area contributed by atoms with E-state index in [2.05, 4.69) is 5.32 Å². The van der Waals surface area contributed by atoms with Crippen LogP contribution in [0.15, 0.2) is 0 Å². The van der Waals surface area contributed by atoms with Crippen molar-refractivity contribution in [3.63, 3.8) is 0 Å². The first kappa shape index (κ1) is 17.7. The van der Waals surface area contributed by atoms with Crippen molar-refractivity contribution in [2.75, 3.05) is 53.5 Å². The Morgan fingerprint density at radius 2 is 1.90 bits per heavy atom. The summed E-state index contributed by atoms with van der Waals surface area (Å²) in [4.78, 5) is 26.8. The first-order valence-electron chi connectivity index (χ1n) is 7.34. The molecule has 0 aliphatic carbocycles. The van der Waals surface area contributed by atoms with Crippen LogP contribution in [0.3, 0.4) is 0 Å². The van der Waals surface area contributed by atoms with E-state index in [9.17, 15) is 9.59 Å². The van der Waals surface area contributed by atoms with Crippen LogP contribution in [0.1, 0.15) is 19.8 Å². The van der Waals surface area contributed by atoms with Crippen molar-refractivity contribution in [3.8, 4) is 0 Å². The lowest BCUT2D eigenvalue weighted by Crippen LogP contribution is -2.49. The molecule has 1 aliphatic rings. The summed E-state index contributed by atoms with van der Waals surface area (Å²) >= 11 is 0. The normalized spacial score (nSPS) is 17.8. The number of nitrogens with one attached hydrogen (secondary N) is 1. The maximum Gasteiger partial charge on any atom is 0.317 e. The number of carbonyl (C=O) groups is 2. The van der Waals surface area contributed by atoms with E-state index in [1.807, 2.05) is 19.0 Å². The molecule has 7 heteroatoms. The predicted octanol–water partition coefficient (Wildman–Crippen LogP) is 0.461. The fraction of sp³-hybridized carbons (Fsp3) is 0.857. The third-order valence-electron chi connectivity index (χ3n) is 3.88. The third-order valence-corrected chi connectivity index (χ3v) is 3.88. The van der Waals surface area contributed by atoms with Gasteiger partial charge in [-0.3, -0.25) is 4.79 Å². The highest BCUT2D eigenvalue weighted by Gasteiger charge is 2.37. The lowest BCUT2D eigenvalue weighted by atomic mass is 9.80. The van der Waals surface area contributed by atoms with Crippen LogP contribution in [-0.4, -0.2) is 80.4 Å². The van der Waals surface area contributed by atoms with E-state index in [1.54, 1.807) is 11.8 Å². The van der Waals surface area contributed by atoms with Crippen LogP contribution < -0.4 is 5.32 Å². The van der Waals surface area contributed by atoms with Crippen LogP contribution in [0.5, 0.6) is 0 Å². The number of hydrogen-bond donors (Lipinski definition) is 2. The van der Waals surface area contributed by atoms with Crippen molar-refractivity contribution in [3.05, 3.63) is 0 Å². The minimum absolute atomic E-state index is 0.140. The zero-order valence-corrected chi connectivity index (χ0v) is 13.2. The Labute approximate surface area is 126 Å². The fourth-order valence-electron chi connectivity index (χ4n) is 2.11. The van der Waals surface area contributed by atoms with E-state index < -0.39 is 11.4 Å². The Morgan fingerprint density at radius 1 is 1.29 bits per heavy atom. The molecule has 0 bridgehead atoms. The van der Waals surface area contributed by atoms with Gasteiger partial charge in [0.05, 0.1) is 18.6 Å². The number of ether oxygens (including phenoxy) is 1. The van der Waals surface area contributed by atoms with Gasteiger partial charge in [0.2, 0.25) is 0 Å². The highest BCUT2D eigenvalue weighted by atomic mass is 16.5. The topological polar surface area (TPSA) is 82.1 Å². The molecule has 0 saturated carbocycles. The summed E-state index contributed by atoms with van der Waals surface area (Å²) in [7, 11) is 3.96. The highest BCUT2D eigenvalue weighted by molar-refractivity contribution is 5.76. The van der Waals surface area contributed by atoms with Crippen LogP contribution in [0.25, 0.3) is 0 Å². The molecule has 1 aliphatic heterocycles. The van der Waals surface area contributed by atoms with Crippen LogP contribution in [0, 0.1) is 5.41 Å². The molecule has 0 spiro atoms. The summed E-state index contributed by atoms with van der Waals surface area (Å²) in [5, 5.41) is 11.9. The van der Waals surface area contributed by atoms with E-state index >= 15 is 0 Å². The molecule has 0 radical (unpaired) electrons. The number of nitrogens with zero attached hydrogens (tertiary/aromatic N) is 2. The Balaban J connectivity index is 2.15. The van der Waals surface area contributed by atoms with Crippen LogP contribution >= 0.6 is 0 Å². The van der Waals surface area contributed by atoms with Gasteiger partial charge in [0.15, 0.2) is 0 Å². The Kier molecular flexibility index (Phi) is 6.91. The predicted molar refractivity (Wildman–Crippen MR) is 79.3 cm³/mol. The molecule has 0 aromatic rings. The summed E-state index contributed by atoms with van der Waals surface area (Å²) in [6.07, 6.45) is 0.990. The van der Waals surface area contributed by atoms with Gasteiger partial charge in [-0.05, 0) is 33.9 Å². The van der Waals surface area contributed by atoms with Gasteiger partial charge in [-0.15, -0.1) is 0 Å². The average molecular weight is 301 g/mol. The van der Waals surface area contributed by atoms with Gasteiger partial charge < -0.3 is 25.0 Å². The molecule has 1 saturated heterocycles. The minimum atomic E-state index is -0.781. The van der Waals surface area contributed by atoms with Crippen molar-refractivity contribution < 1.29 is 19.4 Å². The number of carbonyl (C=O) groups excluding carboxylic acids is 1. The summed E-state index contributed by atoms with van der Waals surface area (Å²) in [5.74, 6) is -0.781. The van der Waals surface area contributed by atoms with Gasteiger partial charge >= 0.3 is 12.0 Å². The van der Waals surface area contributed by atoms with Crippen LogP contribution in [0.4, 0.5) is 4.79 Å². The molecule has 1 heterocycles. The van der Waals surface area contributed by atoms with Gasteiger partial charge in [0, 0.05) is 26.2 Å². The lowest BCUT2D eigenvalue weighted by Gasteiger charge is -2.36. The van der Waals surface area contributed by atoms with Gasteiger partial charge in [0.1, 0.15) is 0 Å². The van der Waals surface area contributed by atoms with Gasteiger partial charge in [-0.2, -0.15) is 0 Å². The molecule has 1 fully saturated rings. The second-order valence-electron chi connectivity index (χ2n) is 6.00. The number of likely N-dealkylation sites (N-methyl/N-ethyl adjacent to an activating group) is 1. The molecular formula is C14H27N3O4. The van der Waals surface area contributed by atoms with E-state index in [-0.39, 0.29) is 6.03 Å². The molecule has 0 atom stereocenters. The first-order chi connectivity index (χ1) is 9.85. The number of rotatable bonds is 7. The molecule has 0 aromatic carbocycles. The number of likely N-dealkylation sites (tertiary alicyclic amines) is 1. The number of piperidine rings is 1. The zero-order valence-electron chi connectivity index (χ0n) is 13.2. The number of carboxylic acid groups (broad SMARTS) is 1. The monoisotopic (exact) mass is 301 g/mol. The van der Waals surface area contributed by atoms with E-state index in [0.29, 0.717) is 45.7 Å². The molecule has 2 N–H and O–H groups in total. The molecular weight excluding hydrogens is 274 g/mol. The zero-order chi connectivity index (χ0) is 15.9. The second-order valence-corrected chi connectivity index (χ2v) is 6.00. The van der Waals surface area contributed by atoms with Gasteiger partial charge in [0.25, 0.3) is 0 Å². The lowest BCUT2D eigenvalue weighted by molar-refractivity contribution is -0.150. The molecule has 1 rings (SSSR count).